The van der Waals surface area contributed by atoms with Crippen LogP contribution in [0.25, 0.3) is 0 Å². The summed E-state index contributed by atoms with van der Waals surface area (Å²) < 4.78 is 0. The maximum absolute atomic E-state index is 5.64. The van der Waals surface area contributed by atoms with E-state index in [4.69, 9.17) is 11.6 Å². The van der Waals surface area contributed by atoms with E-state index in [2.05, 4.69) is 25.1 Å². The summed E-state index contributed by atoms with van der Waals surface area (Å²) in [6.45, 7) is 3.38. The zero-order valence-corrected chi connectivity index (χ0v) is 9.92. The molecule has 0 amide bonds. The highest BCUT2D eigenvalue weighted by atomic mass is 35.5. The van der Waals surface area contributed by atoms with Gasteiger partial charge in [-0.05, 0) is 32.7 Å². The first-order valence-corrected chi connectivity index (χ1v) is 6.44. The van der Waals surface area contributed by atoms with Gasteiger partial charge in [-0.15, -0.1) is 11.6 Å². The Morgan fingerprint density at radius 3 is 2.58 bits per heavy atom. The molecule has 0 bridgehead atoms. The van der Waals surface area contributed by atoms with Crippen LogP contribution in [0.15, 0.2) is 0 Å². The lowest BCUT2D eigenvalue weighted by atomic mass is 10.2. The van der Waals surface area contributed by atoms with Gasteiger partial charge in [0.05, 0.1) is 0 Å². The van der Waals surface area contributed by atoms with Crippen LogP contribution in [0, 0.1) is 0 Å². The highest BCUT2D eigenvalue weighted by Gasteiger charge is 2.10. The van der Waals surface area contributed by atoms with Crippen molar-refractivity contribution in [2.45, 2.75) is 25.8 Å². The number of alkyl halides is 1. The van der Waals surface area contributed by atoms with Crippen molar-refractivity contribution in [3.8, 4) is 0 Å². The van der Waals surface area contributed by atoms with Gasteiger partial charge in [-0.25, -0.2) is 0 Å². The molecule has 0 radical (unpaired) electrons. The van der Waals surface area contributed by atoms with Gasteiger partial charge in [0.2, 0.25) is 0 Å². The lowest BCUT2D eigenvalue weighted by Gasteiger charge is -2.26. The molecule has 0 rings (SSSR count). The third-order valence-corrected chi connectivity index (χ3v) is 3.08. The van der Waals surface area contributed by atoms with Crippen molar-refractivity contribution in [1.82, 2.24) is 4.90 Å². The van der Waals surface area contributed by atoms with Crippen molar-refractivity contribution in [2.24, 2.45) is 0 Å². The minimum atomic E-state index is 0.725. The van der Waals surface area contributed by atoms with Crippen LogP contribution >= 0.6 is 23.4 Å². The summed E-state index contributed by atoms with van der Waals surface area (Å²) in [6, 6.07) is 0.725. The molecule has 0 aliphatic carbocycles. The molecule has 0 saturated carbocycles. The molecular weight excluding hydrogens is 190 g/mol. The third-order valence-electron chi connectivity index (χ3n) is 2.10. The smallest absolute Gasteiger partial charge is 0.0235 e. The Hall–Kier alpha value is 0.600. The summed E-state index contributed by atoms with van der Waals surface area (Å²) in [6.07, 6.45) is 4.50. The fraction of sp³-hybridized carbons (Fsp3) is 1.00. The zero-order valence-electron chi connectivity index (χ0n) is 8.35. The fourth-order valence-electron chi connectivity index (χ4n) is 1.24. The van der Waals surface area contributed by atoms with E-state index in [1.165, 1.54) is 12.2 Å². The summed E-state index contributed by atoms with van der Waals surface area (Å²) in [4.78, 5) is 2.42. The molecule has 12 heavy (non-hydrogen) atoms. The monoisotopic (exact) mass is 209 g/mol. The average molecular weight is 210 g/mol. The molecule has 0 aliphatic rings. The number of hydrogen-bond acceptors (Lipinski definition) is 2. The van der Waals surface area contributed by atoms with Gasteiger partial charge < -0.3 is 4.90 Å². The van der Waals surface area contributed by atoms with E-state index < -0.39 is 0 Å². The van der Waals surface area contributed by atoms with Gasteiger partial charge in [0.1, 0.15) is 0 Å². The number of rotatable bonds is 7. The quantitative estimate of drug-likeness (QED) is 0.594. The molecule has 1 nitrogen and oxygen atoms in total. The van der Waals surface area contributed by atoms with Crippen molar-refractivity contribution in [3.05, 3.63) is 0 Å². The van der Waals surface area contributed by atoms with Gasteiger partial charge in [0.25, 0.3) is 0 Å². The standard InChI is InChI=1S/C9H20ClNS/c1-4-9(8-12-3)11(2)7-5-6-10/h9H,4-8H2,1-3H3. The number of nitrogens with zero attached hydrogens (tertiary/aromatic N) is 1. The van der Waals surface area contributed by atoms with Crippen LogP contribution in [-0.2, 0) is 0 Å². The second-order valence-corrected chi connectivity index (χ2v) is 4.33. The van der Waals surface area contributed by atoms with Crippen molar-refractivity contribution in [1.29, 1.82) is 0 Å². The molecule has 0 aromatic carbocycles. The molecule has 1 atom stereocenters. The van der Waals surface area contributed by atoms with Crippen LogP contribution in [-0.4, -0.2) is 42.4 Å². The van der Waals surface area contributed by atoms with Crippen molar-refractivity contribution in [2.75, 3.05) is 31.5 Å². The molecule has 3 heteroatoms. The predicted molar refractivity (Wildman–Crippen MR) is 60.4 cm³/mol. The Kier molecular flexibility index (Phi) is 8.62. The first-order chi connectivity index (χ1) is 5.76. The lowest BCUT2D eigenvalue weighted by Crippen LogP contribution is -2.34. The number of halogens is 1. The van der Waals surface area contributed by atoms with Crippen LogP contribution in [0.1, 0.15) is 19.8 Å². The van der Waals surface area contributed by atoms with Crippen LogP contribution < -0.4 is 0 Å². The van der Waals surface area contributed by atoms with Gasteiger partial charge in [0, 0.05) is 17.7 Å². The Morgan fingerprint density at radius 1 is 1.50 bits per heavy atom. The second kappa shape index (κ2) is 8.21. The molecule has 1 unspecified atom stereocenters. The van der Waals surface area contributed by atoms with Crippen molar-refractivity contribution >= 4 is 23.4 Å². The highest BCUT2D eigenvalue weighted by Crippen LogP contribution is 2.08. The van der Waals surface area contributed by atoms with Gasteiger partial charge in [-0.1, -0.05) is 6.92 Å². The van der Waals surface area contributed by atoms with Crippen molar-refractivity contribution < 1.29 is 0 Å². The first kappa shape index (κ1) is 12.6. The Balaban J connectivity index is 3.60. The largest absolute Gasteiger partial charge is 0.303 e. The molecule has 0 N–H and O–H groups in total. The van der Waals surface area contributed by atoms with Gasteiger partial charge in [-0.2, -0.15) is 11.8 Å². The molecule has 0 spiro atoms. The van der Waals surface area contributed by atoms with Crippen LogP contribution in [0.3, 0.4) is 0 Å². The Bertz CT molecular complexity index is 101. The van der Waals surface area contributed by atoms with E-state index in [0.29, 0.717) is 0 Å². The normalized spacial score (nSPS) is 13.8. The molecule has 0 aromatic rings. The predicted octanol–water partition coefficient (Wildman–Crippen LogP) is 2.69. The van der Waals surface area contributed by atoms with Crippen LogP contribution in [0.4, 0.5) is 0 Å². The lowest BCUT2D eigenvalue weighted by molar-refractivity contribution is 0.257. The van der Waals surface area contributed by atoms with Gasteiger partial charge in [0.15, 0.2) is 0 Å². The molecule has 0 aliphatic heterocycles. The topological polar surface area (TPSA) is 3.24 Å². The average Bonchev–Trinajstić information content (AvgIpc) is 2.10. The zero-order chi connectivity index (χ0) is 9.40. The minimum Gasteiger partial charge on any atom is -0.303 e. The molecule has 0 aromatic heterocycles. The molecule has 0 heterocycles. The molecule has 74 valence electrons. The first-order valence-electron chi connectivity index (χ1n) is 4.51. The van der Waals surface area contributed by atoms with Crippen LogP contribution in [0.2, 0.25) is 0 Å². The second-order valence-electron chi connectivity index (χ2n) is 3.04. The van der Waals surface area contributed by atoms with E-state index in [0.717, 1.165) is 24.9 Å². The SMILES string of the molecule is CCC(CSC)N(C)CCCCl. The maximum atomic E-state index is 5.64. The molecule has 0 fully saturated rings. The van der Waals surface area contributed by atoms with E-state index >= 15 is 0 Å². The highest BCUT2D eigenvalue weighted by molar-refractivity contribution is 7.98. The van der Waals surface area contributed by atoms with E-state index in [1.807, 2.05) is 11.8 Å². The molecule has 0 saturated heterocycles. The summed E-state index contributed by atoms with van der Waals surface area (Å²) in [5.74, 6) is 2.01. The summed E-state index contributed by atoms with van der Waals surface area (Å²) in [5, 5.41) is 0. The van der Waals surface area contributed by atoms with E-state index in [9.17, 15) is 0 Å². The number of thioether (sulfide) groups is 1. The third kappa shape index (κ3) is 5.28. The van der Waals surface area contributed by atoms with Crippen molar-refractivity contribution in [3.63, 3.8) is 0 Å². The van der Waals surface area contributed by atoms with Gasteiger partial charge >= 0.3 is 0 Å². The summed E-state index contributed by atoms with van der Waals surface area (Å²) >= 11 is 7.56. The fourth-order valence-corrected chi connectivity index (χ4v) is 2.24. The summed E-state index contributed by atoms with van der Waals surface area (Å²) in [7, 11) is 2.19. The van der Waals surface area contributed by atoms with E-state index in [1.54, 1.807) is 0 Å². The Labute approximate surface area is 85.8 Å². The Morgan fingerprint density at radius 2 is 2.17 bits per heavy atom. The van der Waals surface area contributed by atoms with Gasteiger partial charge in [-0.3, -0.25) is 0 Å². The molecular formula is C9H20ClNS. The number of hydrogen-bond donors (Lipinski definition) is 0. The summed E-state index contributed by atoms with van der Waals surface area (Å²) in [5.41, 5.74) is 0. The van der Waals surface area contributed by atoms with Crippen LogP contribution in [0.5, 0.6) is 0 Å². The maximum Gasteiger partial charge on any atom is 0.0235 e. The van der Waals surface area contributed by atoms with E-state index in [-0.39, 0.29) is 0 Å². The minimum absolute atomic E-state index is 0.725.